The van der Waals surface area contributed by atoms with Gasteiger partial charge in [0.15, 0.2) is 0 Å². The first-order chi connectivity index (χ1) is 10.7. The summed E-state index contributed by atoms with van der Waals surface area (Å²) in [6.45, 7) is 3.42. The van der Waals surface area contributed by atoms with Gasteiger partial charge >= 0.3 is 0 Å². The molecule has 1 aliphatic heterocycles. The quantitative estimate of drug-likeness (QED) is 0.481. The van der Waals surface area contributed by atoms with Crippen molar-refractivity contribution in [2.75, 3.05) is 31.2 Å². The van der Waals surface area contributed by atoms with E-state index in [0.29, 0.717) is 8.58 Å². The third kappa shape index (κ3) is 4.02. The fourth-order valence-corrected chi connectivity index (χ4v) is 3.70. The van der Waals surface area contributed by atoms with Crippen molar-refractivity contribution in [3.05, 3.63) is 35.1 Å². The maximum absolute atomic E-state index is 11.7. The lowest BCUT2D eigenvalue weighted by Crippen LogP contribution is -2.33. The van der Waals surface area contributed by atoms with Crippen molar-refractivity contribution in [1.29, 1.82) is 5.41 Å². The van der Waals surface area contributed by atoms with Gasteiger partial charge in [0.2, 0.25) is 5.91 Å². The fraction of sp³-hybridized carbons (Fsp3) is 0.412. The Bertz CT molecular complexity index is 583. The molecule has 1 aliphatic rings. The molecule has 0 fully saturated rings. The molecule has 1 aromatic carbocycles. The molecule has 0 bridgehead atoms. The van der Waals surface area contributed by atoms with Crippen LogP contribution >= 0.6 is 8.58 Å². The van der Waals surface area contributed by atoms with Crippen LogP contribution in [0.25, 0.3) is 5.57 Å². The van der Waals surface area contributed by atoms with Gasteiger partial charge in [-0.05, 0) is 61.4 Å². The van der Waals surface area contributed by atoms with Gasteiger partial charge in [-0.25, -0.2) is 0 Å². The van der Waals surface area contributed by atoms with Crippen molar-refractivity contribution in [2.24, 2.45) is 0 Å². The van der Waals surface area contributed by atoms with Gasteiger partial charge in [0.1, 0.15) is 0 Å². The zero-order valence-electron chi connectivity index (χ0n) is 13.3. The first kappa shape index (κ1) is 16.9. The maximum Gasteiger partial charge on any atom is 0.223 e. The van der Waals surface area contributed by atoms with E-state index < -0.39 is 0 Å². The number of amides is 1. The van der Waals surface area contributed by atoms with Crippen LogP contribution < -0.4 is 10.2 Å². The Labute approximate surface area is 134 Å². The van der Waals surface area contributed by atoms with Crippen molar-refractivity contribution in [2.45, 2.75) is 19.8 Å². The molecule has 0 saturated heterocycles. The van der Waals surface area contributed by atoms with E-state index in [1.54, 1.807) is 6.92 Å². The SMILES string of the molecule is CNCCP/C=C(\C=N)c1ccc2c(c1)CCCN2C(C)=O. The van der Waals surface area contributed by atoms with E-state index in [4.69, 9.17) is 5.41 Å². The number of aryl methyl sites for hydroxylation is 1. The van der Waals surface area contributed by atoms with Crippen LogP contribution in [0.2, 0.25) is 0 Å². The molecule has 22 heavy (non-hydrogen) atoms. The van der Waals surface area contributed by atoms with E-state index >= 15 is 0 Å². The molecular weight excluding hydrogens is 293 g/mol. The van der Waals surface area contributed by atoms with Crippen molar-refractivity contribution < 1.29 is 4.79 Å². The maximum atomic E-state index is 11.7. The Kier molecular flexibility index (Phi) is 6.29. The van der Waals surface area contributed by atoms with Gasteiger partial charge in [-0.3, -0.25) is 4.79 Å². The Balaban J connectivity index is 2.22. The lowest BCUT2D eigenvalue weighted by molar-refractivity contribution is -0.116. The zero-order chi connectivity index (χ0) is 15.9. The molecule has 1 atom stereocenters. The molecule has 1 amide bonds. The highest BCUT2D eigenvalue weighted by molar-refractivity contribution is 7.42. The first-order valence-electron chi connectivity index (χ1n) is 7.67. The number of hydrogen-bond acceptors (Lipinski definition) is 3. The Hall–Kier alpha value is -1.51. The number of fused-ring (bicyclic) bond motifs is 1. The number of allylic oxidation sites excluding steroid dienone is 1. The number of rotatable bonds is 6. The lowest BCUT2D eigenvalue weighted by atomic mass is 9.97. The van der Waals surface area contributed by atoms with Crippen LogP contribution in [0.5, 0.6) is 0 Å². The Morgan fingerprint density at radius 3 is 3.00 bits per heavy atom. The summed E-state index contributed by atoms with van der Waals surface area (Å²) in [5.41, 5.74) is 4.29. The fourth-order valence-electron chi connectivity index (χ4n) is 2.69. The molecule has 0 spiro atoms. The predicted molar refractivity (Wildman–Crippen MR) is 96.7 cm³/mol. The summed E-state index contributed by atoms with van der Waals surface area (Å²) >= 11 is 0. The Morgan fingerprint density at radius 1 is 1.50 bits per heavy atom. The molecular formula is C17H24N3OP. The van der Waals surface area contributed by atoms with Gasteiger partial charge < -0.3 is 15.6 Å². The van der Waals surface area contributed by atoms with Crippen LogP contribution in [-0.4, -0.2) is 38.4 Å². The molecule has 1 unspecified atom stereocenters. The third-order valence-corrected chi connectivity index (χ3v) is 4.90. The summed E-state index contributed by atoms with van der Waals surface area (Å²) in [4.78, 5) is 13.6. The number of benzene rings is 1. The van der Waals surface area contributed by atoms with Gasteiger partial charge in [-0.15, -0.1) is 0 Å². The van der Waals surface area contributed by atoms with Crippen LogP contribution in [0, 0.1) is 5.41 Å². The van der Waals surface area contributed by atoms with Crippen LogP contribution in [0.3, 0.4) is 0 Å². The standard InChI is InChI=1S/C17H24N3OP/c1-13(21)20-8-3-4-15-10-14(5-6-17(15)20)16(11-18)12-22-9-7-19-2/h5-6,10-12,18-19,22H,3-4,7-9H2,1-2H3/b16-12+,18-11?. The summed E-state index contributed by atoms with van der Waals surface area (Å²) in [6.07, 6.45) is 4.53. The minimum absolute atomic E-state index is 0.102. The molecule has 2 N–H and O–H groups in total. The molecule has 0 aromatic heterocycles. The first-order valence-corrected chi connectivity index (χ1v) is 8.96. The van der Waals surface area contributed by atoms with E-state index in [1.807, 2.05) is 24.1 Å². The molecule has 118 valence electrons. The van der Waals surface area contributed by atoms with Gasteiger partial charge in [-0.1, -0.05) is 20.5 Å². The molecule has 1 heterocycles. The van der Waals surface area contributed by atoms with Gasteiger partial charge in [0, 0.05) is 25.4 Å². The highest BCUT2D eigenvalue weighted by Crippen LogP contribution is 2.31. The number of carbonyl (C=O) groups is 1. The third-order valence-electron chi connectivity index (χ3n) is 3.84. The molecule has 4 nitrogen and oxygen atoms in total. The lowest BCUT2D eigenvalue weighted by Gasteiger charge is -2.29. The normalized spacial score (nSPS) is 15.2. The second-order valence-corrected chi connectivity index (χ2v) is 6.62. The average molecular weight is 317 g/mol. The smallest absolute Gasteiger partial charge is 0.223 e. The summed E-state index contributed by atoms with van der Waals surface area (Å²) in [5, 5.41) is 10.8. The largest absolute Gasteiger partial charge is 0.319 e. The summed E-state index contributed by atoms with van der Waals surface area (Å²) in [6, 6.07) is 6.20. The summed E-state index contributed by atoms with van der Waals surface area (Å²) < 4.78 is 0. The molecule has 1 aromatic rings. The number of nitrogens with zero attached hydrogens (tertiary/aromatic N) is 1. The molecule has 0 saturated carbocycles. The minimum atomic E-state index is 0.102. The van der Waals surface area contributed by atoms with Gasteiger partial charge in [-0.2, -0.15) is 0 Å². The number of carbonyl (C=O) groups excluding carboxylic acids is 1. The Morgan fingerprint density at radius 2 is 2.32 bits per heavy atom. The summed E-state index contributed by atoms with van der Waals surface area (Å²) in [5.74, 6) is 2.25. The van der Waals surface area contributed by atoms with Crippen molar-refractivity contribution in [3.8, 4) is 0 Å². The van der Waals surface area contributed by atoms with E-state index in [2.05, 4.69) is 17.2 Å². The van der Waals surface area contributed by atoms with Crippen LogP contribution in [0.1, 0.15) is 24.5 Å². The van der Waals surface area contributed by atoms with E-state index in [9.17, 15) is 4.79 Å². The van der Waals surface area contributed by atoms with Crippen LogP contribution in [0.15, 0.2) is 24.0 Å². The van der Waals surface area contributed by atoms with Crippen LogP contribution in [-0.2, 0) is 11.2 Å². The second-order valence-electron chi connectivity index (χ2n) is 5.42. The van der Waals surface area contributed by atoms with Gasteiger partial charge in [0.25, 0.3) is 0 Å². The number of anilines is 1. The van der Waals surface area contributed by atoms with E-state index in [1.165, 1.54) is 11.8 Å². The molecule has 5 heteroatoms. The molecule has 0 aliphatic carbocycles. The van der Waals surface area contributed by atoms with Crippen LogP contribution in [0.4, 0.5) is 5.69 Å². The zero-order valence-corrected chi connectivity index (χ0v) is 14.3. The van der Waals surface area contributed by atoms with E-state index in [0.717, 1.165) is 48.9 Å². The number of hydrogen-bond donors (Lipinski definition) is 2. The molecule has 2 rings (SSSR count). The monoisotopic (exact) mass is 317 g/mol. The second kappa shape index (κ2) is 8.21. The van der Waals surface area contributed by atoms with Crippen molar-refractivity contribution in [3.63, 3.8) is 0 Å². The predicted octanol–water partition coefficient (Wildman–Crippen LogP) is 2.87. The minimum Gasteiger partial charge on any atom is -0.319 e. The average Bonchev–Trinajstić information content (AvgIpc) is 2.54. The van der Waals surface area contributed by atoms with Crippen molar-refractivity contribution in [1.82, 2.24) is 5.32 Å². The van der Waals surface area contributed by atoms with Crippen molar-refractivity contribution >= 4 is 32.0 Å². The highest BCUT2D eigenvalue weighted by atomic mass is 31.1. The topological polar surface area (TPSA) is 56.2 Å². The number of nitrogens with one attached hydrogen (secondary N) is 2. The summed E-state index contributed by atoms with van der Waals surface area (Å²) in [7, 11) is 2.67. The van der Waals surface area contributed by atoms with E-state index in [-0.39, 0.29) is 5.91 Å². The molecule has 0 radical (unpaired) electrons. The highest BCUT2D eigenvalue weighted by Gasteiger charge is 2.20. The van der Waals surface area contributed by atoms with Gasteiger partial charge in [0.05, 0.1) is 0 Å².